The van der Waals surface area contributed by atoms with Gasteiger partial charge in [-0.1, -0.05) is 0 Å². The normalized spacial score (nSPS) is 28.8. The van der Waals surface area contributed by atoms with E-state index in [-0.39, 0.29) is 18.0 Å². The van der Waals surface area contributed by atoms with E-state index in [0.29, 0.717) is 5.92 Å². The standard InChI is InChI=1S/C13H13F3N2O2/c14-13(15,16)9-1-2-12(17-5-9)20-11-4-8-3-10(11)18(6-8)7-19/h1-2,5,7-8,10-11H,3-4,6H2/t8-,10+,11-/m1/s1. The summed E-state index contributed by atoms with van der Waals surface area (Å²) >= 11 is 0. The number of hydrogen-bond acceptors (Lipinski definition) is 3. The van der Waals surface area contributed by atoms with Crippen LogP contribution in [0.3, 0.4) is 0 Å². The number of piperidine rings is 1. The number of ether oxygens (including phenoxy) is 1. The van der Waals surface area contributed by atoms with Crippen LogP contribution in [-0.4, -0.2) is 35.0 Å². The molecule has 20 heavy (non-hydrogen) atoms. The number of alkyl halides is 3. The lowest BCUT2D eigenvalue weighted by Crippen LogP contribution is -2.43. The molecule has 1 aromatic rings. The molecule has 2 fully saturated rings. The maximum Gasteiger partial charge on any atom is 0.417 e. The second-order valence-electron chi connectivity index (χ2n) is 5.25. The molecule has 7 heteroatoms. The molecule has 3 rings (SSSR count). The van der Waals surface area contributed by atoms with Gasteiger partial charge in [0.25, 0.3) is 0 Å². The van der Waals surface area contributed by atoms with E-state index in [1.807, 2.05) is 0 Å². The zero-order valence-corrected chi connectivity index (χ0v) is 10.5. The summed E-state index contributed by atoms with van der Waals surface area (Å²) < 4.78 is 42.9. The Kier molecular flexibility index (Phi) is 3.07. The van der Waals surface area contributed by atoms with Crippen molar-refractivity contribution in [2.75, 3.05) is 6.54 Å². The molecule has 1 saturated heterocycles. The second-order valence-corrected chi connectivity index (χ2v) is 5.25. The van der Waals surface area contributed by atoms with Crippen molar-refractivity contribution in [2.45, 2.75) is 31.2 Å². The van der Waals surface area contributed by atoms with Gasteiger partial charge in [0, 0.05) is 18.8 Å². The van der Waals surface area contributed by atoms with Gasteiger partial charge in [0.05, 0.1) is 11.6 Å². The molecule has 0 N–H and O–H groups in total. The Bertz CT molecular complexity index is 503. The first kappa shape index (κ1) is 13.2. The minimum Gasteiger partial charge on any atom is -0.472 e. The van der Waals surface area contributed by atoms with Crippen LogP contribution < -0.4 is 4.74 Å². The number of carbonyl (C=O) groups is 1. The summed E-state index contributed by atoms with van der Waals surface area (Å²) in [5, 5.41) is 0. The van der Waals surface area contributed by atoms with Gasteiger partial charge >= 0.3 is 6.18 Å². The maximum absolute atomic E-state index is 12.4. The fourth-order valence-electron chi connectivity index (χ4n) is 3.03. The van der Waals surface area contributed by atoms with E-state index in [1.54, 1.807) is 4.90 Å². The number of fused-ring (bicyclic) bond motifs is 2. The molecule has 3 atom stereocenters. The Morgan fingerprint density at radius 2 is 2.15 bits per heavy atom. The summed E-state index contributed by atoms with van der Waals surface area (Å²) in [6.07, 6.45) is -1.29. The summed E-state index contributed by atoms with van der Waals surface area (Å²) in [7, 11) is 0. The minimum absolute atomic E-state index is 0.0154. The highest BCUT2D eigenvalue weighted by molar-refractivity contribution is 5.49. The highest BCUT2D eigenvalue weighted by atomic mass is 19.4. The molecule has 0 spiro atoms. The van der Waals surface area contributed by atoms with Crippen molar-refractivity contribution < 1.29 is 22.7 Å². The minimum atomic E-state index is -4.40. The Labute approximate surface area is 113 Å². The molecule has 1 aliphatic carbocycles. The molecule has 2 heterocycles. The number of likely N-dealkylation sites (tertiary alicyclic amines) is 1. The smallest absolute Gasteiger partial charge is 0.417 e. The molecule has 1 amide bonds. The van der Waals surface area contributed by atoms with E-state index >= 15 is 0 Å². The number of aromatic nitrogens is 1. The van der Waals surface area contributed by atoms with E-state index in [9.17, 15) is 18.0 Å². The Hall–Kier alpha value is -1.79. The van der Waals surface area contributed by atoms with Gasteiger partial charge in [0.1, 0.15) is 6.10 Å². The van der Waals surface area contributed by atoms with Crippen LogP contribution in [0.4, 0.5) is 13.2 Å². The van der Waals surface area contributed by atoms with Crippen LogP contribution in [0.1, 0.15) is 18.4 Å². The Morgan fingerprint density at radius 1 is 1.35 bits per heavy atom. The molecule has 0 unspecified atom stereocenters. The van der Waals surface area contributed by atoms with Crippen molar-refractivity contribution in [3.05, 3.63) is 23.9 Å². The lowest BCUT2D eigenvalue weighted by molar-refractivity contribution is -0.137. The van der Waals surface area contributed by atoms with Crippen molar-refractivity contribution in [1.82, 2.24) is 9.88 Å². The molecule has 0 radical (unpaired) electrons. The van der Waals surface area contributed by atoms with Crippen LogP contribution in [0.5, 0.6) is 5.88 Å². The largest absolute Gasteiger partial charge is 0.472 e. The van der Waals surface area contributed by atoms with Crippen molar-refractivity contribution in [2.24, 2.45) is 5.92 Å². The third kappa shape index (κ3) is 2.32. The Morgan fingerprint density at radius 3 is 2.70 bits per heavy atom. The first-order valence-electron chi connectivity index (χ1n) is 6.38. The van der Waals surface area contributed by atoms with Gasteiger partial charge in [-0.15, -0.1) is 0 Å². The lowest BCUT2D eigenvalue weighted by Gasteiger charge is -2.30. The summed E-state index contributed by atoms with van der Waals surface area (Å²) in [5.74, 6) is 0.589. The zero-order chi connectivity index (χ0) is 14.3. The first-order chi connectivity index (χ1) is 9.47. The van der Waals surface area contributed by atoms with Gasteiger partial charge in [0.15, 0.2) is 0 Å². The van der Waals surface area contributed by atoms with Crippen molar-refractivity contribution in [1.29, 1.82) is 0 Å². The predicted molar refractivity (Wildman–Crippen MR) is 62.9 cm³/mol. The van der Waals surface area contributed by atoms with Crippen LogP contribution in [0.2, 0.25) is 0 Å². The van der Waals surface area contributed by atoms with Gasteiger partial charge < -0.3 is 9.64 Å². The summed E-state index contributed by atoms with van der Waals surface area (Å²) in [5.41, 5.74) is -0.799. The predicted octanol–water partition coefficient (Wildman–Crippen LogP) is 2.10. The van der Waals surface area contributed by atoms with E-state index in [4.69, 9.17) is 4.74 Å². The highest BCUT2D eigenvalue weighted by Gasteiger charge is 2.46. The van der Waals surface area contributed by atoms with Gasteiger partial charge in [-0.25, -0.2) is 4.98 Å². The average molecular weight is 286 g/mol. The number of nitrogens with zero attached hydrogens (tertiary/aromatic N) is 2. The third-order valence-electron chi connectivity index (χ3n) is 3.94. The first-order valence-corrected chi connectivity index (χ1v) is 6.38. The van der Waals surface area contributed by atoms with Gasteiger partial charge in [-0.2, -0.15) is 13.2 Å². The summed E-state index contributed by atoms with van der Waals surface area (Å²) in [6.45, 7) is 0.745. The van der Waals surface area contributed by atoms with E-state index < -0.39 is 11.7 Å². The Balaban J connectivity index is 1.68. The number of rotatable bonds is 3. The van der Waals surface area contributed by atoms with Crippen LogP contribution in [0.15, 0.2) is 18.3 Å². The third-order valence-corrected chi connectivity index (χ3v) is 3.94. The molecule has 2 aliphatic rings. The molecule has 4 nitrogen and oxygen atoms in total. The van der Waals surface area contributed by atoms with E-state index in [0.717, 1.165) is 38.1 Å². The van der Waals surface area contributed by atoms with Gasteiger partial charge in [0.2, 0.25) is 12.3 Å². The van der Waals surface area contributed by atoms with Gasteiger partial charge in [-0.05, 0) is 24.8 Å². The van der Waals surface area contributed by atoms with Crippen molar-refractivity contribution >= 4 is 6.41 Å². The van der Waals surface area contributed by atoms with E-state index in [1.165, 1.54) is 6.07 Å². The number of carbonyl (C=O) groups excluding carboxylic acids is 1. The van der Waals surface area contributed by atoms with Crippen LogP contribution >= 0.6 is 0 Å². The molecular formula is C13H13F3N2O2. The van der Waals surface area contributed by atoms with E-state index in [2.05, 4.69) is 4.98 Å². The quantitative estimate of drug-likeness (QED) is 0.799. The number of halogens is 3. The molecule has 108 valence electrons. The van der Waals surface area contributed by atoms with Crippen LogP contribution in [0.25, 0.3) is 0 Å². The van der Waals surface area contributed by atoms with Crippen LogP contribution in [0, 0.1) is 5.92 Å². The lowest BCUT2D eigenvalue weighted by atomic mass is 10.1. The summed E-state index contributed by atoms with van der Waals surface area (Å²) in [6, 6.07) is 2.19. The molecule has 1 aromatic heterocycles. The SMILES string of the molecule is O=CN1C[C@H]2C[C@@H](Oc3ccc(C(F)(F)F)cn3)[C@@H]1C2. The molecule has 0 aromatic carbocycles. The highest BCUT2D eigenvalue weighted by Crippen LogP contribution is 2.39. The maximum atomic E-state index is 12.4. The molecular weight excluding hydrogens is 273 g/mol. The summed E-state index contributed by atoms with van der Waals surface area (Å²) in [4.78, 5) is 16.3. The zero-order valence-electron chi connectivity index (χ0n) is 10.5. The topological polar surface area (TPSA) is 42.4 Å². The molecule has 2 bridgehead atoms. The fourth-order valence-corrected chi connectivity index (χ4v) is 3.03. The number of hydrogen-bond donors (Lipinski definition) is 0. The van der Waals surface area contributed by atoms with Crippen LogP contribution in [-0.2, 0) is 11.0 Å². The fraction of sp³-hybridized carbons (Fsp3) is 0.538. The second kappa shape index (κ2) is 4.64. The molecule has 1 aliphatic heterocycles. The number of amides is 1. The monoisotopic (exact) mass is 286 g/mol. The molecule has 1 saturated carbocycles. The van der Waals surface area contributed by atoms with Crippen molar-refractivity contribution in [3.63, 3.8) is 0 Å². The average Bonchev–Trinajstić information content (AvgIpc) is 2.97. The number of pyridine rings is 1. The van der Waals surface area contributed by atoms with Crippen molar-refractivity contribution in [3.8, 4) is 5.88 Å². The van der Waals surface area contributed by atoms with Gasteiger partial charge in [-0.3, -0.25) is 4.79 Å².